The number of carbonyl (C=O) groups is 4. The third-order valence-electron chi connectivity index (χ3n) is 6.80. The molecule has 0 saturated carbocycles. The lowest BCUT2D eigenvalue weighted by Crippen LogP contribution is -2.54. The van der Waals surface area contributed by atoms with Crippen LogP contribution in [-0.4, -0.2) is 33.5 Å². The molecule has 1 aliphatic heterocycles. The summed E-state index contributed by atoms with van der Waals surface area (Å²) in [6, 6.07) is 7.98. The minimum atomic E-state index is -0.953. The predicted molar refractivity (Wildman–Crippen MR) is 137 cm³/mol. The minimum absolute atomic E-state index is 0.165. The molecular formula is C27H25N3O5S. The van der Waals surface area contributed by atoms with Crippen molar-refractivity contribution in [2.45, 2.75) is 46.5 Å². The largest absolute Gasteiger partial charge is 0.478 e. The average Bonchev–Trinajstić information content (AvgIpc) is 3.34. The Hall–Kier alpha value is -3.98. The molecule has 2 N–H and O–H groups in total. The second-order valence-electron chi connectivity index (χ2n) is 9.10. The molecule has 0 atom stereocenters. The highest BCUT2D eigenvalue weighted by Crippen LogP contribution is 2.39. The van der Waals surface area contributed by atoms with Crippen LogP contribution in [0, 0.1) is 20.8 Å². The van der Waals surface area contributed by atoms with Gasteiger partial charge in [0.15, 0.2) is 0 Å². The summed E-state index contributed by atoms with van der Waals surface area (Å²) in [5, 5.41) is 12.9. The number of carboxylic acids is 1. The Kier molecular flexibility index (Phi) is 5.88. The molecule has 4 amide bonds. The number of rotatable bonds is 4. The maximum Gasteiger partial charge on any atom is 0.339 e. The molecule has 36 heavy (non-hydrogen) atoms. The van der Waals surface area contributed by atoms with Crippen molar-refractivity contribution in [3.8, 4) is 5.00 Å². The van der Waals surface area contributed by atoms with Crippen molar-refractivity contribution in [1.82, 2.24) is 9.88 Å². The number of anilines is 1. The number of urea groups is 1. The maximum absolute atomic E-state index is 13.3. The zero-order valence-electron chi connectivity index (χ0n) is 20.2. The normalized spacial score (nSPS) is 16.9. The summed E-state index contributed by atoms with van der Waals surface area (Å²) in [5.41, 5.74) is 4.30. The molecule has 3 aromatic rings. The fraction of sp³-hybridized carbons (Fsp3) is 0.259. The first-order valence-corrected chi connectivity index (χ1v) is 12.5. The van der Waals surface area contributed by atoms with E-state index in [1.807, 2.05) is 24.5 Å². The Morgan fingerprint density at radius 3 is 2.53 bits per heavy atom. The third kappa shape index (κ3) is 3.76. The van der Waals surface area contributed by atoms with E-state index in [9.17, 15) is 24.3 Å². The Morgan fingerprint density at radius 2 is 1.81 bits per heavy atom. The molecule has 2 aromatic heterocycles. The van der Waals surface area contributed by atoms with Gasteiger partial charge < -0.3 is 9.67 Å². The molecule has 0 radical (unpaired) electrons. The number of nitrogens with zero attached hydrogens (tertiary/aromatic N) is 2. The Labute approximate surface area is 211 Å². The number of aromatic nitrogens is 1. The maximum atomic E-state index is 13.3. The number of hydrogen-bond acceptors (Lipinski definition) is 5. The van der Waals surface area contributed by atoms with Gasteiger partial charge in [0.2, 0.25) is 0 Å². The second-order valence-corrected chi connectivity index (χ2v) is 10.2. The van der Waals surface area contributed by atoms with Gasteiger partial charge in [0.1, 0.15) is 10.6 Å². The van der Waals surface area contributed by atoms with E-state index in [1.165, 1.54) is 17.4 Å². The number of amides is 4. The van der Waals surface area contributed by atoms with E-state index in [-0.39, 0.29) is 5.57 Å². The zero-order chi connectivity index (χ0) is 25.7. The van der Waals surface area contributed by atoms with Crippen LogP contribution in [0.15, 0.2) is 35.9 Å². The molecule has 0 unspecified atom stereocenters. The van der Waals surface area contributed by atoms with Gasteiger partial charge in [-0.2, -0.15) is 0 Å². The molecule has 3 heterocycles. The van der Waals surface area contributed by atoms with Crippen LogP contribution in [0.2, 0.25) is 0 Å². The fourth-order valence-corrected chi connectivity index (χ4v) is 6.51. The molecule has 1 aromatic carbocycles. The van der Waals surface area contributed by atoms with Crippen molar-refractivity contribution in [1.29, 1.82) is 0 Å². The van der Waals surface area contributed by atoms with Gasteiger partial charge in [-0.3, -0.25) is 14.9 Å². The Morgan fingerprint density at radius 1 is 1.08 bits per heavy atom. The van der Waals surface area contributed by atoms with E-state index in [4.69, 9.17) is 0 Å². The van der Waals surface area contributed by atoms with Crippen molar-refractivity contribution in [3.05, 3.63) is 74.4 Å². The summed E-state index contributed by atoms with van der Waals surface area (Å²) < 4.78 is 1.88. The lowest BCUT2D eigenvalue weighted by molar-refractivity contribution is -0.122. The standard InChI is InChI=1S/C27H25N3O5S/c1-14-8-4-6-10-20(14)30-24(32)19(23(31)28-27(30)35)13-17-12-15(2)29(16(17)3)25-22(26(33)34)18-9-5-7-11-21(18)36-25/h4,6,8,10,12-13H,5,7,9,11H2,1-3H3,(H,33,34)(H,28,31,35)/b19-13+. The van der Waals surface area contributed by atoms with Crippen molar-refractivity contribution in [3.63, 3.8) is 0 Å². The summed E-state index contributed by atoms with van der Waals surface area (Å²) >= 11 is 1.49. The highest BCUT2D eigenvalue weighted by Gasteiger charge is 2.37. The smallest absolute Gasteiger partial charge is 0.339 e. The molecule has 9 heteroatoms. The van der Waals surface area contributed by atoms with Gasteiger partial charge in [-0.25, -0.2) is 14.5 Å². The Balaban J connectivity index is 1.60. The molecule has 0 spiro atoms. The van der Waals surface area contributed by atoms with Crippen LogP contribution < -0.4 is 10.2 Å². The van der Waals surface area contributed by atoms with Crippen LogP contribution in [0.4, 0.5) is 10.5 Å². The SMILES string of the molecule is Cc1ccccc1N1C(=O)NC(=O)/C(=C\c2cc(C)n(-c3sc4c(c3C(=O)O)CCCC4)c2C)C1=O. The van der Waals surface area contributed by atoms with Crippen molar-refractivity contribution >= 4 is 46.9 Å². The van der Waals surface area contributed by atoms with Gasteiger partial charge in [0.05, 0.1) is 11.3 Å². The number of fused-ring (bicyclic) bond motifs is 1. The Bertz CT molecular complexity index is 1490. The quantitative estimate of drug-likeness (QED) is 0.396. The summed E-state index contributed by atoms with van der Waals surface area (Å²) in [6.07, 6.45) is 5.11. The van der Waals surface area contributed by atoms with Gasteiger partial charge in [0, 0.05) is 16.3 Å². The van der Waals surface area contributed by atoms with Gasteiger partial charge in [-0.05, 0) is 81.4 Å². The van der Waals surface area contributed by atoms with E-state index in [0.29, 0.717) is 27.5 Å². The number of aryl methyl sites for hydroxylation is 3. The number of para-hydroxylation sites is 1. The van der Waals surface area contributed by atoms with E-state index >= 15 is 0 Å². The minimum Gasteiger partial charge on any atom is -0.478 e. The van der Waals surface area contributed by atoms with Crippen LogP contribution in [-0.2, 0) is 22.4 Å². The topological polar surface area (TPSA) is 109 Å². The predicted octanol–water partition coefficient (Wildman–Crippen LogP) is 4.71. The van der Waals surface area contributed by atoms with Gasteiger partial charge in [0.25, 0.3) is 11.8 Å². The number of benzene rings is 1. The van der Waals surface area contributed by atoms with E-state index in [2.05, 4.69) is 5.32 Å². The number of carboxylic acid groups (broad SMARTS) is 1. The first-order chi connectivity index (χ1) is 17.2. The van der Waals surface area contributed by atoms with Crippen LogP contribution in [0.5, 0.6) is 0 Å². The molecule has 184 valence electrons. The lowest BCUT2D eigenvalue weighted by Gasteiger charge is -2.27. The number of carbonyl (C=O) groups excluding carboxylic acids is 3. The van der Waals surface area contributed by atoms with Crippen LogP contribution in [0.3, 0.4) is 0 Å². The highest BCUT2D eigenvalue weighted by atomic mass is 32.1. The summed E-state index contributed by atoms with van der Waals surface area (Å²) in [7, 11) is 0. The molecule has 1 fully saturated rings. The molecule has 1 aliphatic carbocycles. The number of aromatic carboxylic acids is 1. The molecule has 2 aliphatic rings. The number of imide groups is 2. The highest BCUT2D eigenvalue weighted by molar-refractivity contribution is 7.15. The van der Waals surface area contributed by atoms with E-state index < -0.39 is 23.8 Å². The van der Waals surface area contributed by atoms with Crippen LogP contribution in [0.1, 0.15) is 56.2 Å². The fourth-order valence-electron chi connectivity index (χ4n) is 5.02. The summed E-state index contributed by atoms with van der Waals surface area (Å²) in [5.74, 6) is -2.43. The molecule has 5 rings (SSSR count). The first-order valence-electron chi connectivity index (χ1n) is 11.7. The first kappa shape index (κ1) is 23.7. The molecule has 8 nitrogen and oxygen atoms in total. The molecular weight excluding hydrogens is 478 g/mol. The van der Waals surface area contributed by atoms with Crippen LogP contribution in [0.25, 0.3) is 11.1 Å². The number of nitrogens with one attached hydrogen (secondary N) is 1. The monoisotopic (exact) mass is 503 g/mol. The van der Waals surface area contributed by atoms with Gasteiger partial charge in [-0.1, -0.05) is 18.2 Å². The second kappa shape index (κ2) is 8.91. The van der Waals surface area contributed by atoms with E-state index in [0.717, 1.165) is 52.3 Å². The summed E-state index contributed by atoms with van der Waals surface area (Å²) in [4.78, 5) is 52.9. The lowest BCUT2D eigenvalue weighted by atomic mass is 9.95. The van der Waals surface area contributed by atoms with Crippen molar-refractivity contribution < 1.29 is 24.3 Å². The van der Waals surface area contributed by atoms with Gasteiger partial charge >= 0.3 is 12.0 Å². The number of barbiturate groups is 1. The zero-order valence-corrected chi connectivity index (χ0v) is 21.0. The van der Waals surface area contributed by atoms with E-state index in [1.54, 1.807) is 31.2 Å². The van der Waals surface area contributed by atoms with Crippen molar-refractivity contribution in [2.24, 2.45) is 0 Å². The van der Waals surface area contributed by atoms with Crippen molar-refractivity contribution in [2.75, 3.05) is 4.90 Å². The number of thiophene rings is 1. The molecule has 0 bridgehead atoms. The average molecular weight is 504 g/mol. The molecule has 1 saturated heterocycles. The summed E-state index contributed by atoms with van der Waals surface area (Å²) in [6.45, 7) is 5.48. The van der Waals surface area contributed by atoms with Gasteiger partial charge in [-0.15, -0.1) is 11.3 Å². The van der Waals surface area contributed by atoms with Crippen LogP contribution >= 0.6 is 11.3 Å². The third-order valence-corrected chi connectivity index (χ3v) is 8.07. The number of hydrogen-bond donors (Lipinski definition) is 2.